The van der Waals surface area contributed by atoms with Crippen LogP contribution in [-0.2, 0) is 27.8 Å². The number of carbonyl (C=O) groups is 4. The zero-order valence-electron chi connectivity index (χ0n) is 23.6. The molecule has 1 aliphatic carbocycles. The second kappa shape index (κ2) is 11.9. The van der Waals surface area contributed by atoms with Gasteiger partial charge in [-0.15, -0.1) is 0 Å². The van der Waals surface area contributed by atoms with Gasteiger partial charge in [-0.25, -0.2) is 14.4 Å². The van der Waals surface area contributed by atoms with Crippen molar-refractivity contribution in [2.24, 2.45) is 13.0 Å². The topological polar surface area (TPSA) is 160 Å². The van der Waals surface area contributed by atoms with E-state index in [1.54, 1.807) is 29.1 Å². The summed E-state index contributed by atoms with van der Waals surface area (Å²) in [4.78, 5) is 58.9. The minimum absolute atomic E-state index is 0.0662. The van der Waals surface area contributed by atoms with Gasteiger partial charge in [0.1, 0.15) is 11.7 Å². The molecule has 0 bridgehead atoms. The number of imide groups is 2. The number of ether oxygens (including phenoxy) is 1. The van der Waals surface area contributed by atoms with Crippen molar-refractivity contribution in [3.8, 4) is 11.3 Å². The molecule has 1 aromatic carbocycles. The van der Waals surface area contributed by atoms with Crippen LogP contribution >= 0.6 is 0 Å². The molecule has 6 rings (SSSR count). The fourth-order valence-corrected chi connectivity index (χ4v) is 5.32. The van der Waals surface area contributed by atoms with Gasteiger partial charge >= 0.3 is 0 Å². The molecule has 1 unspecified atom stereocenters. The van der Waals surface area contributed by atoms with Crippen molar-refractivity contribution < 1.29 is 28.3 Å². The summed E-state index contributed by atoms with van der Waals surface area (Å²) >= 11 is 0. The first-order valence-electron chi connectivity index (χ1n) is 14.2. The Kier molecular flexibility index (Phi) is 7.84. The molecule has 224 valence electrons. The van der Waals surface area contributed by atoms with E-state index in [0.717, 1.165) is 23.2 Å². The molecule has 2 aliphatic heterocycles. The van der Waals surface area contributed by atoms with Gasteiger partial charge < -0.3 is 15.4 Å². The maximum Gasteiger partial charge on any atom is 0.262 e. The summed E-state index contributed by atoms with van der Waals surface area (Å²) in [6.07, 6.45) is 6.18. The highest BCUT2D eigenvalue weighted by atomic mass is 19.1. The highest BCUT2D eigenvalue weighted by Crippen LogP contribution is 2.36. The molecule has 13 nitrogen and oxygen atoms in total. The standard InChI is InChI=1S/C29H31FN8O5/c1-37-23(12-16-2-3-16)20(14-34-37)25-21(30)15-33-29(36-25)32-9-11-43-10-8-31-17-4-5-18-19(13-17)28(42)38(27(18)41)22-6-7-24(39)35-26(22)40/h4-5,13-16,22,31H,2-3,6-12H2,1H3,(H,32,33,36)(H,35,39,40). The Morgan fingerprint density at radius 1 is 1.00 bits per heavy atom. The van der Waals surface area contributed by atoms with Gasteiger partial charge in [0.2, 0.25) is 17.8 Å². The quantitative estimate of drug-likeness (QED) is 0.210. The summed E-state index contributed by atoms with van der Waals surface area (Å²) in [7, 11) is 1.86. The molecule has 2 aromatic heterocycles. The van der Waals surface area contributed by atoms with E-state index in [4.69, 9.17) is 4.74 Å². The Bertz CT molecular complexity index is 1600. The van der Waals surface area contributed by atoms with Crippen molar-refractivity contribution >= 4 is 35.3 Å². The van der Waals surface area contributed by atoms with Crippen LogP contribution in [0.5, 0.6) is 0 Å². The number of nitrogens with zero attached hydrogens (tertiary/aromatic N) is 5. The summed E-state index contributed by atoms with van der Waals surface area (Å²) in [6.45, 7) is 1.53. The normalized spacial score (nSPS) is 18.2. The molecule has 3 aliphatic rings. The Morgan fingerprint density at radius 3 is 2.53 bits per heavy atom. The molecule has 1 saturated carbocycles. The van der Waals surface area contributed by atoms with Crippen molar-refractivity contribution in [2.75, 3.05) is 36.9 Å². The fourth-order valence-electron chi connectivity index (χ4n) is 5.32. The van der Waals surface area contributed by atoms with E-state index in [0.29, 0.717) is 49.4 Å². The average molecular weight is 591 g/mol. The third-order valence-electron chi connectivity index (χ3n) is 7.78. The molecule has 43 heavy (non-hydrogen) atoms. The Labute approximate surface area is 246 Å². The smallest absolute Gasteiger partial charge is 0.262 e. The largest absolute Gasteiger partial charge is 0.383 e. The number of rotatable bonds is 12. The first-order valence-corrected chi connectivity index (χ1v) is 14.2. The lowest BCUT2D eigenvalue weighted by molar-refractivity contribution is -0.136. The number of amides is 4. The van der Waals surface area contributed by atoms with Gasteiger partial charge in [-0.05, 0) is 49.8 Å². The Balaban J connectivity index is 0.965. The summed E-state index contributed by atoms with van der Waals surface area (Å²) in [5.41, 5.74) is 2.91. The number of anilines is 2. The zero-order chi connectivity index (χ0) is 30.1. The second-order valence-corrected chi connectivity index (χ2v) is 10.8. The molecule has 4 amide bonds. The van der Waals surface area contributed by atoms with Crippen LogP contribution in [0.1, 0.15) is 52.1 Å². The first-order chi connectivity index (χ1) is 20.8. The van der Waals surface area contributed by atoms with Gasteiger partial charge in [0.15, 0.2) is 5.82 Å². The zero-order valence-corrected chi connectivity index (χ0v) is 23.6. The molecule has 1 atom stereocenters. The van der Waals surface area contributed by atoms with Crippen molar-refractivity contribution in [1.29, 1.82) is 0 Å². The predicted molar refractivity (Wildman–Crippen MR) is 152 cm³/mol. The lowest BCUT2D eigenvalue weighted by Gasteiger charge is -2.27. The monoisotopic (exact) mass is 590 g/mol. The summed E-state index contributed by atoms with van der Waals surface area (Å²) < 4.78 is 22.1. The molecule has 1 saturated heterocycles. The Morgan fingerprint density at radius 2 is 1.77 bits per heavy atom. The number of carbonyl (C=O) groups excluding carboxylic acids is 4. The van der Waals surface area contributed by atoms with E-state index < -0.39 is 35.5 Å². The molecule has 0 spiro atoms. The molecule has 3 N–H and O–H groups in total. The van der Waals surface area contributed by atoms with Gasteiger partial charge in [0.25, 0.3) is 11.8 Å². The van der Waals surface area contributed by atoms with E-state index in [1.807, 2.05) is 7.05 Å². The van der Waals surface area contributed by atoms with Crippen LogP contribution in [0.4, 0.5) is 16.0 Å². The van der Waals surface area contributed by atoms with Gasteiger partial charge in [-0.2, -0.15) is 5.10 Å². The second-order valence-electron chi connectivity index (χ2n) is 10.8. The van der Waals surface area contributed by atoms with E-state index >= 15 is 0 Å². The predicted octanol–water partition coefficient (Wildman–Crippen LogP) is 1.91. The Hall–Kier alpha value is -4.72. The number of nitrogens with one attached hydrogen (secondary N) is 3. The maximum absolute atomic E-state index is 14.6. The van der Waals surface area contributed by atoms with Crippen LogP contribution < -0.4 is 16.0 Å². The van der Waals surface area contributed by atoms with Crippen LogP contribution in [0.25, 0.3) is 11.3 Å². The molecule has 3 aromatic rings. The third-order valence-corrected chi connectivity index (χ3v) is 7.78. The minimum atomic E-state index is -1.00. The lowest BCUT2D eigenvalue weighted by Crippen LogP contribution is -2.54. The number of aromatic nitrogens is 4. The number of aryl methyl sites for hydroxylation is 1. The van der Waals surface area contributed by atoms with E-state index in [9.17, 15) is 23.6 Å². The molecule has 14 heteroatoms. The van der Waals surface area contributed by atoms with Crippen LogP contribution in [-0.4, -0.2) is 80.6 Å². The lowest BCUT2D eigenvalue weighted by atomic mass is 10.0. The number of halogens is 1. The van der Waals surface area contributed by atoms with E-state index in [-0.39, 0.29) is 29.7 Å². The minimum Gasteiger partial charge on any atom is -0.383 e. The number of piperidine rings is 1. The summed E-state index contributed by atoms with van der Waals surface area (Å²) in [5, 5.41) is 12.7. The third kappa shape index (κ3) is 5.95. The van der Waals surface area contributed by atoms with Crippen LogP contribution in [0.2, 0.25) is 0 Å². The first kappa shape index (κ1) is 28.4. The van der Waals surface area contributed by atoms with Gasteiger partial charge in [0.05, 0.1) is 36.7 Å². The highest BCUT2D eigenvalue weighted by molar-refractivity contribution is 6.23. The fraction of sp³-hybridized carbons (Fsp3) is 0.414. The van der Waals surface area contributed by atoms with Crippen molar-refractivity contribution in [2.45, 2.75) is 38.1 Å². The highest BCUT2D eigenvalue weighted by Gasteiger charge is 2.44. The van der Waals surface area contributed by atoms with Gasteiger partial charge in [0, 0.05) is 43.5 Å². The van der Waals surface area contributed by atoms with Crippen molar-refractivity contribution in [1.82, 2.24) is 30.0 Å². The number of fused-ring (bicyclic) bond motifs is 1. The number of hydrogen-bond acceptors (Lipinski definition) is 10. The number of hydrogen-bond donors (Lipinski definition) is 3. The van der Waals surface area contributed by atoms with E-state index in [1.165, 1.54) is 12.8 Å². The SMILES string of the molecule is Cn1ncc(-c2nc(NCCOCCNc3ccc4c(c3)C(=O)N(C3CCC(=O)NC3=O)C4=O)ncc2F)c1CC1CC1. The van der Waals surface area contributed by atoms with Gasteiger partial charge in [-0.1, -0.05) is 0 Å². The van der Waals surface area contributed by atoms with Crippen LogP contribution in [0.3, 0.4) is 0 Å². The average Bonchev–Trinajstić information content (AvgIpc) is 3.70. The molecular formula is C29H31FN8O5. The molecule has 2 fully saturated rings. The summed E-state index contributed by atoms with van der Waals surface area (Å²) in [5.74, 6) is -1.76. The molecule has 0 radical (unpaired) electrons. The van der Waals surface area contributed by atoms with Crippen molar-refractivity contribution in [3.63, 3.8) is 0 Å². The van der Waals surface area contributed by atoms with Crippen molar-refractivity contribution in [3.05, 3.63) is 53.2 Å². The molecule has 4 heterocycles. The molecular weight excluding hydrogens is 559 g/mol. The summed E-state index contributed by atoms with van der Waals surface area (Å²) in [6, 6.07) is 3.80. The van der Waals surface area contributed by atoms with E-state index in [2.05, 4.69) is 31.0 Å². The maximum atomic E-state index is 14.6. The number of benzene rings is 1. The van der Waals surface area contributed by atoms with Gasteiger partial charge in [-0.3, -0.25) is 34.1 Å². The van der Waals surface area contributed by atoms with Crippen LogP contribution in [0, 0.1) is 11.7 Å². The van der Waals surface area contributed by atoms with Crippen LogP contribution in [0.15, 0.2) is 30.6 Å².